The van der Waals surface area contributed by atoms with Gasteiger partial charge in [0.25, 0.3) is 0 Å². The van der Waals surface area contributed by atoms with Gasteiger partial charge in [0.15, 0.2) is 0 Å². The van der Waals surface area contributed by atoms with Crippen molar-refractivity contribution >= 4 is 15.9 Å². The number of hydrogen-bond donors (Lipinski definition) is 0. The van der Waals surface area contributed by atoms with Crippen LogP contribution in [0.25, 0.3) is 0 Å². The summed E-state index contributed by atoms with van der Waals surface area (Å²) in [6.07, 6.45) is 0. The zero-order valence-corrected chi connectivity index (χ0v) is 12.2. The quantitative estimate of drug-likeness (QED) is 0.597. The monoisotopic (exact) mass is 303 g/mol. The maximum Gasteiger partial charge on any atom is 0.130 e. The molecule has 5 heteroatoms. The summed E-state index contributed by atoms with van der Waals surface area (Å²) in [6, 6.07) is 3.72. The number of rotatable bonds is 6. The number of nitrogens with zero attached hydrogens (tertiary/aromatic N) is 1. The first kappa shape index (κ1) is 14.1. The Balaban J connectivity index is 3.15. The highest BCUT2D eigenvalue weighted by Gasteiger charge is 2.14. The third-order valence-electron chi connectivity index (χ3n) is 2.45. The topological polar surface area (TPSA) is 30.9 Å². The van der Waals surface area contributed by atoms with Crippen LogP contribution in [0.3, 0.4) is 0 Å². The average molecular weight is 304 g/mol. The number of ether oxygens (including phenoxy) is 3. The molecule has 0 aliphatic heterocycles. The molecule has 1 rings (SSSR count). The first-order valence-electron chi connectivity index (χ1n) is 5.19. The Morgan fingerprint density at radius 2 is 1.59 bits per heavy atom. The van der Waals surface area contributed by atoms with E-state index >= 15 is 0 Å². The molecule has 0 amide bonds. The Morgan fingerprint density at radius 3 is 1.94 bits per heavy atom. The first-order chi connectivity index (χ1) is 8.15. The van der Waals surface area contributed by atoms with Gasteiger partial charge in [0.05, 0.1) is 32.3 Å². The van der Waals surface area contributed by atoms with E-state index < -0.39 is 0 Å². The lowest BCUT2D eigenvalue weighted by molar-refractivity contribution is 0.337. The summed E-state index contributed by atoms with van der Waals surface area (Å²) in [4.78, 5) is 2.10. The number of methoxy groups -OCH3 is 3. The molecular formula is C12H18BrNO3. The number of hydrogen-bond acceptors (Lipinski definition) is 4. The van der Waals surface area contributed by atoms with Gasteiger partial charge in [-0.3, -0.25) is 4.90 Å². The van der Waals surface area contributed by atoms with Crippen LogP contribution in [0.4, 0.5) is 0 Å². The van der Waals surface area contributed by atoms with Crippen LogP contribution in [0.1, 0.15) is 5.56 Å². The molecule has 0 unspecified atom stereocenters. The zero-order valence-electron chi connectivity index (χ0n) is 10.6. The summed E-state index contributed by atoms with van der Waals surface area (Å²) in [5, 5.41) is 0. The van der Waals surface area contributed by atoms with Crippen LogP contribution < -0.4 is 14.2 Å². The Morgan fingerprint density at radius 1 is 1.06 bits per heavy atom. The summed E-state index contributed by atoms with van der Waals surface area (Å²) in [5.74, 6) is 2.27. The van der Waals surface area contributed by atoms with Crippen molar-refractivity contribution in [3.8, 4) is 17.2 Å². The van der Waals surface area contributed by atoms with Crippen molar-refractivity contribution in [1.82, 2.24) is 4.90 Å². The van der Waals surface area contributed by atoms with Crippen molar-refractivity contribution in [1.29, 1.82) is 0 Å². The van der Waals surface area contributed by atoms with Gasteiger partial charge in [-0.1, -0.05) is 15.9 Å². The second-order valence-corrected chi connectivity index (χ2v) is 4.15. The van der Waals surface area contributed by atoms with Gasteiger partial charge in [0.1, 0.15) is 17.2 Å². The standard InChI is InChI=1S/C12H18BrNO3/c1-14(8-13)7-10-11(16-3)5-9(15-2)6-12(10)17-4/h5-6H,7-8H2,1-4H3. The smallest absolute Gasteiger partial charge is 0.130 e. The Hall–Kier alpha value is -0.940. The minimum atomic E-state index is 0.726. The van der Waals surface area contributed by atoms with Gasteiger partial charge in [-0.25, -0.2) is 0 Å². The van der Waals surface area contributed by atoms with E-state index in [-0.39, 0.29) is 0 Å². The summed E-state index contributed by atoms with van der Waals surface area (Å²) in [7, 11) is 6.92. The van der Waals surface area contributed by atoms with Crippen molar-refractivity contribution in [2.45, 2.75) is 6.54 Å². The van der Waals surface area contributed by atoms with Gasteiger partial charge in [0.2, 0.25) is 0 Å². The lowest BCUT2D eigenvalue weighted by Gasteiger charge is -2.19. The number of alkyl halides is 1. The van der Waals surface area contributed by atoms with Crippen LogP contribution in [0.2, 0.25) is 0 Å². The SMILES string of the molecule is COc1cc(OC)c(CN(C)CBr)c(OC)c1. The fraction of sp³-hybridized carbons (Fsp3) is 0.500. The molecule has 0 heterocycles. The second kappa shape index (κ2) is 6.71. The van der Waals surface area contributed by atoms with E-state index in [9.17, 15) is 0 Å². The molecule has 96 valence electrons. The lowest BCUT2D eigenvalue weighted by Crippen LogP contribution is -2.16. The first-order valence-corrected chi connectivity index (χ1v) is 6.31. The molecule has 0 saturated carbocycles. The molecule has 0 fully saturated rings. The molecule has 0 radical (unpaired) electrons. The summed E-state index contributed by atoms with van der Waals surface area (Å²) in [6.45, 7) is 0.738. The molecule has 0 atom stereocenters. The van der Waals surface area contributed by atoms with E-state index in [0.717, 1.165) is 34.8 Å². The van der Waals surface area contributed by atoms with Crippen LogP contribution >= 0.6 is 15.9 Å². The van der Waals surface area contributed by atoms with Crippen molar-refractivity contribution in [2.75, 3.05) is 33.8 Å². The van der Waals surface area contributed by atoms with E-state index in [0.29, 0.717) is 0 Å². The Kier molecular flexibility index (Phi) is 5.58. The molecular weight excluding hydrogens is 286 g/mol. The van der Waals surface area contributed by atoms with Crippen LogP contribution in [-0.2, 0) is 6.54 Å². The van der Waals surface area contributed by atoms with Crippen LogP contribution in [-0.4, -0.2) is 38.7 Å². The molecule has 0 N–H and O–H groups in total. The van der Waals surface area contributed by atoms with Gasteiger partial charge >= 0.3 is 0 Å². The normalized spacial score (nSPS) is 10.5. The predicted octanol–water partition coefficient (Wildman–Crippen LogP) is 2.50. The van der Waals surface area contributed by atoms with Crippen molar-refractivity contribution in [2.24, 2.45) is 0 Å². The van der Waals surface area contributed by atoms with Gasteiger partial charge in [-0.15, -0.1) is 0 Å². The highest BCUT2D eigenvalue weighted by Crippen LogP contribution is 2.34. The van der Waals surface area contributed by atoms with Crippen molar-refractivity contribution < 1.29 is 14.2 Å². The average Bonchev–Trinajstić information content (AvgIpc) is 2.38. The van der Waals surface area contributed by atoms with Crippen molar-refractivity contribution in [3.05, 3.63) is 17.7 Å². The molecule has 1 aromatic carbocycles. The Bertz CT molecular complexity index is 346. The predicted molar refractivity (Wildman–Crippen MR) is 71.4 cm³/mol. The van der Waals surface area contributed by atoms with Crippen LogP contribution in [0, 0.1) is 0 Å². The fourth-order valence-electron chi connectivity index (χ4n) is 1.55. The molecule has 0 bridgehead atoms. The minimum absolute atomic E-state index is 0.726. The second-order valence-electron chi connectivity index (χ2n) is 3.64. The number of halogens is 1. The highest BCUT2D eigenvalue weighted by molar-refractivity contribution is 9.09. The molecule has 1 aromatic rings. The molecule has 0 spiro atoms. The molecule has 0 saturated heterocycles. The molecule has 17 heavy (non-hydrogen) atoms. The molecule has 0 aromatic heterocycles. The van der Waals surface area contributed by atoms with Crippen LogP contribution in [0.5, 0.6) is 17.2 Å². The van der Waals surface area contributed by atoms with Crippen molar-refractivity contribution in [3.63, 3.8) is 0 Å². The van der Waals surface area contributed by atoms with Gasteiger partial charge in [0, 0.05) is 18.7 Å². The van der Waals surface area contributed by atoms with Gasteiger partial charge in [-0.05, 0) is 7.05 Å². The fourth-order valence-corrected chi connectivity index (χ4v) is 1.72. The van der Waals surface area contributed by atoms with E-state index in [2.05, 4.69) is 20.8 Å². The Labute approximate surface area is 111 Å². The molecule has 0 aliphatic rings. The summed E-state index contributed by atoms with van der Waals surface area (Å²) < 4.78 is 16.0. The largest absolute Gasteiger partial charge is 0.496 e. The van der Waals surface area contributed by atoms with Gasteiger partial charge in [-0.2, -0.15) is 0 Å². The summed E-state index contributed by atoms with van der Waals surface area (Å²) >= 11 is 3.41. The highest BCUT2D eigenvalue weighted by atomic mass is 79.9. The van der Waals surface area contributed by atoms with E-state index in [1.807, 2.05) is 19.2 Å². The summed E-state index contributed by atoms with van der Waals surface area (Å²) in [5.41, 5.74) is 1.79. The zero-order chi connectivity index (χ0) is 12.8. The molecule has 0 aliphatic carbocycles. The maximum atomic E-state index is 5.37. The van der Waals surface area contributed by atoms with E-state index in [1.165, 1.54) is 0 Å². The lowest BCUT2D eigenvalue weighted by atomic mass is 10.1. The third-order valence-corrected chi connectivity index (χ3v) is 3.31. The third kappa shape index (κ3) is 3.51. The maximum absolute atomic E-state index is 5.37. The van der Waals surface area contributed by atoms with E-state index in [1.54, 1.807) is 21.3 Å². The van der Waals surface area contributed by atoms with E-state index in [4.69, 9.17) is 14.2 Å². The minimum Gasteiger partial charge on any atom is -0.496 e. The number of benzene rings is 1. The van der Waals surface area contributed by atoms with Crippen LogP contribution in [0.15, 0.2) is 12.1 Å². The molecule has 4 nitrogen and oxygen atoms in total. The van der Waals surface area contributed by atoms with Gasteiger partial charge < -0.3 is 14.2 Å².